The van der Waals surface area contributed by atoms with Crippen LogP contribution < -0.4 is 0 Å². The van der Waals surface area contributed by atoms with Crippen molar-refractivity contribution < 1.29 is 0 Å². The highest BCUT2D eigenvalue weighted by molar-refractivity contribution is 9.11. The van der Waals surface area contributed by atoms with Crippen molar-refractivity contribution in [3.63, 3.8) is 0 Å². The molecule has 0 bridgehead atoms. The van der Waals surface area contributed by atoms with Gasteiger partial charge >= 0.3 is 0 Å². The molecule has 2 aliphatic rings. The summed E-state index contributed by atoms with van der Waals surface area (Å²) in [6.07, 6.45) is 12.4. The van der Waals surface area contributed by atoms with Gasteiger partial charge in [-0.25, -0.2) is 0 Å². The summed E-state index contributed by atoms with van der Waals surface area (Å²) in [7, 11) is 0. The number of fused-ring (bicyclic) bond motifs is 1. The van der Waals surface area contributed by atoms with Crippen LogP contribution in [-0.4, -0.2) is 6.21 Å². The fourth-order valence-corrected chi connectivity index (χ4v) is 2.41. The summed E-state index contributed by atoms with van der Waals surface area (Å²) in [5.41, 5.74) is 0.0718. The maximum absolute atomic E-state index is 4.16. The van der Waals surface area contributed by atoms with Crippen molar-refractivity contribution in [3.05, 3.63) is 35.0 Å². The second kappa shape index (κ2) is 2.70. The number of rotatable bonds is 0. The van der Waals surface area contributed by atoms with Crippen molar-refractivity contribution in [1.82, 2.24) is 0 Å². The molecule has 2 unspecified atom stereocenters. The number of aliphatic imine (C=N–C) groups is 1. The molecule has 0 amide bonds. The van der Waals surface area contributed by atoms with Crippen LogP contribution in [0.3, 0.4) is 0 Å². The number of nitrogens with zero attached hydrogens (tertiary/aromatic N) is 1. The summed E-state index contributed by atoms with van der Waals surface area (Å²) in [6.45, 7) is 2.19. The molecular weight excluding hydrogens is 214 g/mol. The van der Waals surface area contributed by atoms with Gasteiger partial charge in [0, 0.05) is 28.2 Å². The molecule has 2 atom stereocenters. The lowest BCUT2D eigenvalue weighted by Crippen LogP contribution is -2.29. The van der Waals surface area contributed by atoms with Gasteiger partial charge in [0.25, 0.3) is 0 Å². The summed E-state index contributed by atoms with van der Waals surface area (Å²) in [5.74, 6) is 0.431. The SMILES string of the molecule is CC12C=CC=C(Br)C1C=CN=C2. The van der Waals surface area contributed by atoms with Crippen molar-refractivity contribution in [2.45, 2.75) is 6.92 Å². The zero-order chi connectivity index (χ0) is 8.60. The minimum absolute atomic E-state index is 0.0718. The van der Waals surface area contributed by atoms with Gasteiger partial charge in [-0.3, -0.25) is 4.99 Å². The van der Waals surface area contributed by atoms with Crippen LogP contribution in [0.15, 0.2) is 40.0 Å². The minimum atomic E-state index is 0.0718. The molecule has 1 aliphatic heterocycles. The first-order valence-corrected chi connectivity index (χ1v) is 4.78. The Morgan fingerprint density at radius 1 is 1.58 bits per heavy atom. The third-order valence-corrected chi connectivity index (χ3v) is 3.15. The third kappa shape index (κ3) is 1.11. The first-order valence-electron chi connectivity index (χ1n) is 3.98. The predicted molar refractivity (Wildman–Crippen MR) is 55.4 cm³/mol. The van der Waals surface area contributed by atoms with Gasteiger partial charge in [0.15, 0.2) is 0 Å². The van der Waals surface area contributed by atoms with E-state index in [0.717, 1.165) is 0 Å². The van der Waals surface area contributed by atoms with E-state index in [0.29, 0.717) is 5.92 Å². The molecule has 0 spiro atoms. The highest BCUT2D eigenvalue weighted by atomic mass is 79.9. The van der Waals surface area contributed by atoms with Crippen LogP contribution in [0.25, 0.3) is 0 Å². The largest absolute Gasteiger partial charge is 0.268 e. The van der Waals surface area contributed by atoms with Gasteiger partial charge in [-0.15, -0.1) is 0 Å². The lowest BCUT2D eigenvalue weighted by molar-refractivity contribution is 0.495. The van der Waals surface area contributed by atoms with E-state index in [-0.39, 0.29) is 5.41 Å². The van der Waals surface area contributed by atoms with Crippen LogP contribution >= 0.6 is 15.9 Å². The second-order valence-corrected chi connectivity index (χ2v) is 4.29. The molecule has 0 fully saturated rings. The highest BCUT2D eigenvalue weighted by Crippen LogP contribution is 2.41. The van der Waals surface area contributed by atoms with E-state index in [1.54, 1.807) is 0 Å². The van der Waals surface area contributed by atoms with Gasteiger partial charge in [-0.2, -0.15) is 0 Å². The lowest BCUT2D eigenvalue weighted by Gasteiger charge is -2.33. The van der Waals surface area contributed by atoms with E-state index in [1.165, 1.54) is 4.48 Å². The molecule has 0 aromatic heterocycles. The normalized spacial score (nSPS) is 37.8. The van der Waals surface area contributed by atoms with Crippen molar-refractivity contribution in [1.29, 1.82) is 0 Å². The highest BCUT2D eigenvalue weighted by Gasteiger charge is 2.33. The Balaban J connectivity index is 2.44. The van der Waals surface area contributed by atoms with Crippen LogP contribution in [0.1, 0.15) is 6.92 Å². The Labute approximate surface area is 80.7 Å². The third-order valence-electron chi connectivity index (χ3n) is 2.40. The minimum Gasteiger partial charge on any atom is -0.268 e. The average Bonchev–Trinajstić information content (AvgIpc) is 2.04. The van der Waals surface area contributed by atoms with Crippen molar-refractivity contribution in [2.75, 3.05) is 0 Å². The van der Waals surface area contributed by atoms with Gasteiger partial charge in [-0.05, 0) is 0 Å². The van der Waals surface area contributed by atoms with Gasteiger partial charge < -0.3 is 0 Å². The smallest absolute Gasteiger partial charge is 0.0319 e. The fraction of sp³-hybridized carbons (Fsp3) is 0.300. The van der Waals surface area contributed by atoms with Crippen LogP contribution in [0.5, 0.6) is 0 Å². The van der Waals surface area contributed by atoms with Crippen LogP contribution in [-0.2, 0) is 0 Å². The monoisotopic (exact) mass is 223 g/mol. The fourth-order valence-electron chi connectivity index (χ4n) is 1.61. The molecule has 0 saturated carbocycles. The molecule has 0 N–H and O–H groups in total. The molecular formula is C10H10BrN. The Morgan fingerprint density at radius 3 is 3.17 bits per heavy atom. The Bertz CT molecular complexity index is 312. The zero-order valence-electron chi connectivity index (χ0n) is 6.87. The first-order chi connectivity index (χ1) is 5.72. The molecule has 1 nitrogen and oxygen atoms in total. The number of halogens is 1. The van der Waals surface area contributed by atoms with Gasteiger partial charge in [0.05, 0.1) is 0 Å². The van der Waals surface area contributed by atoms with E-state index in [2.05, 4.69) is 52.2 Å². The topological polar surface area (TPSA) is 12.4 Å². The maximum Gasteiger partial charge on any atom is 0.0319 e. The van der Waals surface area contributed by atoms with Crippen LogP contribution in [0, 0.1) is 11.3 Å². The van der Waals surface area contributed by atoms with Gasteiger partial charge in [0.2, 0.25) is 0 Å². The van der Waals surface area contributed by atoms with Gasteiger partial charge in [0.1, 0.15) is 0 Å². The molecule has 1 aliphatic carbocycles. The van der Waals surface area contributed by atoms with E-state index in [1.807, 2.05) is 12.4 Å². The molecule has 0 radical (unpaired) electrons. The Hall–Kier alpha value is -0.630. The summed E-state index contributed by atoms with van der Waals surface area (Å²) in [6, 6.07) is 0. The van der Waals surface area contributed by atoms with E-state index in [4.69, 9.17) is 0 Å². The van der Waals surface area contributed by atoms with Crippen molar-refractivity contribution in [2.24, 2.45) is 16.3 Å². The molecule has 12 heavy (non-hydrogen) atoms. The summed E-state index contributed by atoms with van der Waals surface area (Å²) >= 11 is 3.56. The summed E-state index contributed by atoms with van der Waals surface area (Å²) < 4.78 is 1.23. The molecule has 2 rings (SSSR count). The second-order valence-electron chi connectivity index (χ2n) is 3.37. The zero-order valence-corrected chi connectivity index (χ0v) is 8.45. The predicted octanol–water partition coefficient (Wildman–Crippen LogP) is 3.06. The molecule has 62 valence electrons. The number of hydrogen-bond acceptors (Lipinski definition) is 1. The first kappa shape index (κ1) is 7.99. The van der Waals surface area contributed by atoms with Crippen molar-refractivity contribution >= 4 is 22.1 Å². The Kier molecular flexibility index (Phi) is 1.80. The van der Waals surface area contributed by atoms with Crippen LogP contribution in [0.2, 0.25) is 0 Å². The van der Waals surface area contributed by atoms with Gasteiger partial charge in [-0.1, -0.05) is 47.2 Å². The standard InChI is InChI=1S/C10H10BrN/c1-10-5-2-3-9(11)8(10)4-6-12-7-10/h2-8H,1H3. The molecule has 0 aromatic carbocycles. The molecule has 0 saturated heterocycles. The molecule has 1 heterocycles. The molecule has 0 aromatic rings. The van der Waals surface area contributed by atoms with E-state index >= 15 is 0 Å². The maximum atomic E-state index is 4.16. The number of hydrogen-bond donors (Lipinski definition) is 0. The summed E-state index contributed by atoms with van der Waals surface area (Å²) in [4.78, 5) is 4.16. The quantitative estimate of drug-likeness (QED) is 0.599. The van der Waals surface area contributed by atoms with E-state index < -0.39 is 0 Å². The van der Waals surface area contributed by atoms with Crippen LogP contribution in [0.4, 0.5) is 0 Å². The van der Waals surface area contributed by atoms with Crippen molar-refractivity contribution in [3.8, 4) is 0 Å². The Morgan fingerprint density at radius 2 is 2.42 bits per heavy atom. The molecule has 2 heteroatoms. The van der Waals surface area contributed by atoms with E-state index in [9.17, 15) is 0 Å². The lowest BCUT2D eigenvalue weighted by atomic mass is 9.74. The number of allylic oxidation sites excluding steroid dienone is 5. The summed E-state index contributed by atoms with van der Waals surface area (Å²) in [5, 5.41) is 0. The average molecular weight is 224 g/mol.